The van der Waals surface area contributed by atoms with Gasteiger partial charge in [0, 0.05) is 11.3 Å². The zero-order valence-corrected chi connectivity index (χ0v) is 11.2. The lowest BCUT2D eigenvalue weighted by molar-refractivity contribution is 0.200. The molecule has 2 aromatic rings. The molecule has 1 aliphatic rings. The normalized spacial score (nSPS) is 14.1. The molecule has 1 aliphatic carbocycles. The highest BCUT2D eigenvalue weighted by Gasteiger charge is 2.26. The molecule has 1 amide bonds. The van der Waals surface area contributed by atoms with E-state index >= 15 is 0 Å². The van der Waals surface area contributed by atoms with E-state index in [2.05, 4.69) is 10.3 Å². The van der Waals surface area contributed by atoms with E-state index in [0.717, 1.165) is 5.69 Å². The van der Waals surface area contributed by atoms with Gasteiger partial charge in [-0.1, -0.05) is 18.2 Å². The third-order valence-corrected chi connectivity index (χ3v) is 3.92. The van der Waals surface area contributed by atoms with Crippen LogP contribution < -0.4 is 10.1 Å². The monoisotopic (exact) mass is 274 g/mol. The minimum atomic E-state index is -0.452. The number of ether oxygens (including phenoxy) is 1. The number of nitrogens with one attached hydrogen (secondary N) is 1. The van der Waals surface area contributed by atoms with Crippen molar-refractivity contribution in [1.82, 2.24) is 10.3 Å². The van der Waals surface area contributed by atoms with Crippen LogP contribution in [0.1, 0.15) is 29.5 Å². The molecule has 1 saturated carbocycles. The minimum Gasteiger partial charge on any atom is -0.410 e. The molecule has 19 heavy (non-hydrogen) atoms. The summed E-state index contributed by atoms with van der Waals surface area (Å²) in [6.07, 6.45) is 2.04. The maximum atomic E-state index is 11.6. The molecule has 0 aliphatic heterocycles. The first kappa shape index (κ1) is 12.2. The Kier molecular flexibility index (Phi) is 3.46. The first-order chi connectivity index (χ1) is 9.31. The summed E-state index contributed by atoms with van der Waals surface area (Å²) in [5.74, 6) is 1.20. The number of hydrogen-bond acceptors (Lipinski definition) is 4. The Hall–Kier alpha value is -1.88. The topological polar surface area (TPSA) is 51.2 Å². The number of thiazole rings is 1. The second kappa shape index (κ2) is 5.40. The van der Waals surface area contributed by atoms with Gasteiger partial charge in [-0.05, 0) is 25.0 Å². The quantitative estimate of drug-likeness (QED) is 0.930. The summed E-state index contributed by atoms with van der Waals surface area (Å²) in [5, 5.41) is 5.89. The Morgan fingerprint density at radius 1 is 1.37 bits per heavy atom. The van der Waals surface area contributed by atoms with Gasteiger partial charge in [-0.2, -0.15) is 0 Å². The predicted octanol–water partition coefficient (Wildman–Crippen LogP) is 3.31. The molecule has 0 unspecified atom stereocenters. The van der Waals surface area contributed by atoms with Gasteiger partial charge in [0.15, 0.2) is 0 Å². The van der Waals surface area contributed by atoms with E-state index in [-0.39, 0.29) is 0 Å². The third kappa shape index (κ3) is 3.32. The average molecular weight is 274 g/mol. The van der Waals surface area contributed by atoms with Gasteiger partial charge in [-0.3, -0.25) is 0 Å². The van der Waals surface area contributed by atoms with Crippen molar-refractivity contribution in [3.8, 4) is 5.75 Å². The molecule has 3 rings (SSSR count). The van der Waals surface area contributed by atoms with Gasteiger partial charge in [0.2, 0.25) is 0 Å². The zero-order valence-electron chi connectivity index (χ0n) is 10.3. The standard InChI is InChI=1S/C14H14N2O2S/c17-14(18-12-4-2-1-3-5-12)15-8-11-9-19-13(16-11)10-6-7-10/h1-5,9-10H,6-8H2,(H,15,17). The summed E-state index contributed by atoms with van der Waals surface area (Å²) in [6, 6.07) is 9.01. The van der Waals surface area contributed by atoms with E-state index in [1.807, 2.05) is 23.6 Å². The molecule has 0 bridgehead atoms. The molecule has 1 heterocycles. The number of nitrogens with zero attached hydrogens (tertiary/aromatic N) is 1. The number of rotatable bonds is 4. The number of carbonyl (C=O) groups excluding carboxylic acids is 1. The van der Waals surface area contributed by atoms with Crippen molar-refractivity contribution in [2.45, 2.75) is 25.3 Å². The van der Waals surface area contributed by atoms with E-state index in [1.54, 1.807) is 23.5 Å². The lowest BCUT2D eigenvalue weighted by Gasteiger charge is -2.04. The summed E-state index contributed by atoms with van der Waals surface area (Å²) in [6.45, 7) is 0.412. The van der Waals surface area contributed by atoms with E-state index in [9.17, 15) is 4.79 Å². The minimum absolute atomic E-state index is 0.412. The van der Waals surface area contributed by atoms with E-state index < -0.39 is 6.09 Å². The fourth-order valence-corrected chi connectivity index (χ4v) is 2.71. The average Bonchev–Trinajstić information content (AvgIpc) is 3.17. The van der Waals surface area contributed by atoms with Gasteiger partial charge in [0.25, 0.3) is 0 Å². The van der Waals surface area contributed by atoms with Crippen molar-refractivity contribution in [1.29, 1.82) is 0 Å². The van der Waals surface area contributed by atoms with Crippen molar-refractivity contribution in [3.05, 3.63) is 46.4 Å². The van der Waals surface area contributed by atoms with E-state index in [4.69, 9.17) is 4.74 Å². The maximum Gasteiger partial charge on any atom is 0.412 e. The molecule has 1 aromatic heterocycles. The molecule has 0 saturated heterocycles. The molecule has 98 valence electrons. The number of amides is 1. The van der Waals surface area contributed by atoms with E-state index in [0.29, 0.717) is 18.2 Å². The first-order valence-electron chi connectivity index (χ1n) is 6.26. The van der Waals surface area contributed by atoms with Crippen molar-refractivity contribution < 1.29 is 9.53 Å². The highest BCUT2D eigenvalue weighted by atomic mass is 32.1. The van der Waals surface area contributed by atoms with Crippen LogP contribution in [0.15, 0.2) is 35.7 Å². The highest BCUT2D eigenvalue weighted by Crippen LogP contribution is 2.41. The molecular weight excluding hydrogens is 260 g/mol. The molecule has 4 nitrogen and oxygen atoms in total. The third-order valence-electron chi connectivity index (χ3n) is 2.86. The Morgan fingerprint density at radius 3 is 2.89 bits per heavy atom. The van der Waals surface area contributed by atoms with Crippen LogP contribution in [-0.2, 0) is 6.54 Å². The number of hydrogen-bond donors (Lipinski definition) is 1. The van der Waals surface area contributed by atoms with Crippen LogP contribution in [0.2, 0.25) is 0 Å². The van der Waals surface area contributed by atoms with Gasteiger partial charge >= 0.3 is 6.09 Å². The van der Waals surface area contributed by atoms with Crippen molar-refractivity contribution >= 4 is 17.4 Å². The van der Waals surface area contributed by atoms with Gasteiger partial charge in [0.1, 0.15) is 5.75 Å². The Morgan fingerprint density at radius 2 is 2.16 bits per heavy atom. The van der Waals surface area contributed by atoms with Crippen LogP contribution in [0.25, 0.3) is 0 Å². The number of benzene rings is 1. The predicted molar refractivity (Wildman–Crippen MR) is 73.4 cm³/mol. The van der Waals surface area contributed by atoms with Crippen molar-refractivity contribution in [2.75, 3.05) is 0 Å². The Labute approximate surface area is 115 Å². The second-order valence-electron chi connectivity index (χ2n) is 4.51. The number of carbonyl (C=O) groups is 1. The molecule has 1 aromatic carbocycles. The van der Waals surface area contributed by atoms with E-state index in [1.165, 1.54) is 17.8 Å². The molecule has 0 radical (unpaired) electrons. The van der Waals surface area contributed by atoms with Crippen LogP contribution >= 0.6 is 11.3 Å². The van der Waals surface area contributed by atoms with Crippen LogP contribution in [0.5, 0.6) is 5.75 Å². The summed E-state index contributed by atoms with van der Waals surface area (Å²) in [4.78, 5) is 16.1. The number of para-hydroxylation sites is 1. The smallest absolute Gasteiger partial charge is 0.410 e. The van der Waals surface area contributed by atoms with Gasteiger partial charge in [0.05, 0.1) is 17.2 Å². The fourth-order valence-electron chi connectivity index (χ4n) is 1.72. The van der Waals surface area contributed by atoms with Gasteiger partial charge in [-0.25, -0.2) is 9.78 Å². The summed E-state index contributed by atoms with van der Waals surface area (Å²) in [7, 11) is 0. The Bertz CT molecular complexity index is 564. The molecule has 1 N–H and O–H groups in total. The molecule has 0 spiro atoms. The maximum absolute atomic E-state index is 11.6. The van der Waals surface area contributed by atoms with Gasteiger partial charge < -0.3 is 10.1 Å². The van der Waals surface area contributed by atoms with Crippen LogP contribution in [-0.4, -0.2) is 11.1 Å². The fraction of sp³-hybridized carbons (Fsp3) is 0.286. The largest absolute Gasteiger partial charge is 0.412 e. The highest BCUT2D eigenvalue weighted by molar-refractivity contribution is 7.09. The van der Waals surface area contributed by atoms with Crippen LogP contribution in [0.3, 0.4) is 0 Å². The van der Waals surface area contributed by atoms with Crippen molar-refractivity contribution in [3.63, 3.8) is 0 Å². The van der Waals surface area contributed by atoms with Crippen LogP contribution in [0.4, 0.5) is 4.79 Å². The lowest BCUT2D eigenvalue weighted by atomic mass is 10.3. The lowest BCUT2D eigenvalue weighted by Crippen LogP contribution is -2.26. The summed E-state index contributed by atoms with van der Waals surface area (Å²) in [5.41, 5.74) is 0.900. The molecular formula is C14H14N2O2S. The number of aromatic nitrogens is 1. The van der Waals surface area contributed by atoms with Crippen LogP contribution in [0, 0.1) is 0 Å². The molecule has 1 fully saturated rings. The summed E-state index contributed by atoms with van der Waals surface area (Å²) >= 11 is 1.67. The molecule has 0 atom stereocenters. The first-order valence-corrected chi connectivity index (χ1v) is 7.14. The molecule has 5 heteroatoms. The Balaban J connectivity index is 1.49. The SMILES string of the molecule is O=C(NCc1csc(C2CC2)n1)Oc1ccccc1. The second-order valence-corrected chi connectivity index (χ2v) is 5.40. The summed E-state index contributed by atoms with van der Waals surface area (Å²) < 4.78 is 5.13. The van der Waals surface area contributed by atoms with Crippen molar-refractivity contribution in [2.24, 2.45) is 0 Å². The zero-order chi connectivity index (χ0) is 13.1. The van der Waals surface area contributed by atoms with Gasteiger partial charge in [-0.15, -0.1) is 11.3 Å².